The van der Waals surface area contributed by atoms with Crippen LogP contribution in [0.4, 0.5) is 11.6 Å². The van der Waals surface area contributed by atoms with Gasteiger partial charge in [0.25, 0.3) is 0 Å². The van der Waals surface area contributed by atoms with E-state index in [2.05, 4.69) is 47.1 Å². The molecule has 5 nitrogen and oxygen atoms in total. The molecule has 118 valence electrons. The van der Waals surface area contributed by atoms with Crippen LogP contribution in [-0.2, 0) is 11.2 Å². The standard InChI is InChI=1S/C16H28N4O/c1-4-8-17-15-11-16(19-14(5-2)18-15)20(3)12-13-6-9-21-10-7-13/h11,13H,4-10,12H2,1-3H3,(H,17,18,19). The second kappa shape index (κ2) is 8.17. The Hall–Kier alpha value is -1.36. The summed E-state index contributed by atoms with van der Waals surface area (Å²) < 4.78 is 5.43. The van der Waals surface area contributed by atoms with Gasteiger partial charge in [0.1, 0.15) is 17.5 Å². The Morgan fingerprint density at radius 2 is 2.05 bits per heavy atom. The van der Waals surface area contributed by atoms with Gasteiger partial charge in [0, 0.05) is 45.8 Å². The Bertz CT molecular complexity index is 432. The largest absolute Gasteiger partial charge is 0.381 e. The SMILES string of the molecule is CCCNc1cc(N(C)CC2CCOCC2)nc(CC)n1. The Labute approximate surface area is 128 Å². The molecular weight excluding hydrogens is 264 g/mol. The molecule has 0 saturated carbocycles. The lowest BCUT2D eigenvalue weighted by molar-refractivity contribution is 0.0685. The van der Waals surface area contributed by atoms with Crippen LogP contribution in [0.5, 0.6) is 0 Å². The van der Waals surface area contributed by atoms with E-state index in [-0.39, 0.29) is 0 Å². The van der Waals surface area contributed by atoms with Gasteiger partial charge in [-0.25, -0.2) is 9.97 Å². The molecule has 0 amide bonds. The van der Waals surface area contributed by atoms with Crippen LogP contribution in [0, 0.1) is 5.92 Å². The molecule has 0 aliphatic carbocycles. The molecule has 2 heterocycles. The van der Waals surface area contributed by atoms with Crippen molar-refractivity contribution < 1.29 is 4.74 Å². The van der Waals surface area contributed by atoms with Crippen molar-refractivity contribution in [2.75, 3.05) is 43.6 Å². The molecule has 1 aromatic heterocycles. The minimum atomic E-state index is 0.704. The van der Waals surface area contributed by atoms with Crippen molar-refractivity contribution in [2.24, 2.45) is 5.92 Å². The van der Waals surface area contributed by atoms with E-state index < -0.39 is 0 Å². The van der Waals surface area contributed by atoms with Crippen molar-refractivity contribution in [3.8, 4) is 0 Å². The number of ether oxygens (including phenoxy) is 1. The van der Waals surface area contributed by atoms with Crippen molar-refractivity contribution in [1.82, 2.24) is 9.97 Å². The molecule has 0 atom stereocenters. The molecule has 0 bridgehead atoms. The molecule has 0 radical (unpaired) electrons. The van der Waals surface area contributed by atoms with Gasteiger partial charge in [0.05, 0.1) is 0 Å². The molecule has 0 unspecified atom stereocenters. The van der Waals surface area contributed by atoms with Gasteiger partial charge < -0.3 is 15.0 Å². The summed E-state index contributed by atoms with van der Waals surface area (Å²) >= 11 is 0. The van der Waals surface area contributed by atoms with Crippen LogP contribution >= 0.6 is 0 Å². The van der Waals surface area contributed by atoms with Crippen molar-refractivity contribution in [1.29, 1.82) is 0 Å². The first kappa shape index (κ1) is 16.0. The maximum absolute atomic E-state index is 5.43. The second-order valence-electron chi connectivity index (χ2n) is 5.74. The summed E-state index contributed by atoms with van der Waals surface area (Å²) in [4.78, 5) is 11.5. The average molecular weight is 292 g/mol. The third-order valence-corrected chi connectivity index (χ3v) is 3.90. The van der Waals surface area contributed by atoms with Gasteiger partial charge in [-0.15, -0.1) is 0 Å². The van der Waals surface area contributed by atoms with Crippen molar-refractivity contribution in [3.05, 3.63) is 11.9 Å². The molecule has 1 fully saturated rings. The summed E-state index contributed by atoms with van der Waals surface area (Å²) in [5.74, 6) is 3.57. The lowest BCUT2D eigenvalue weighted by atomic mass is 10.00. The van der Waals surface area contributed by atoms with Crippen LogP contribution in [0.25, 0.3) is 0 Å². The molecule has 0 aromatic carbocycles. The molecule has 1 saturated heterocycles. The Morgan fingerprint density at radius 1 is 1.29 bits per heavy atom. The van der Waals surface area contributed by atoms with Gasteiger partial charge >= 0.3 is 0 Å². The average Bonchev–Trinajstić information content (AvgIpc) is 2.53. The zero-order chi connectivity index (χ0) is 15.1. The Morgan fingerprint density at radius 3 is 2.71 bits per heavy atom. The van der Waals surface area contributed by atoms with Gasteiger partial charge in [-0.1, -0.05) is 13.8 Å². The molecule has 1 aliphatic rings. The van der Waals surface area contributed by atoms with Crippen molar-refractivity contribution in [3.63, 3.8) is 0 Å². The number of anilines is 2. The van der Waals surface area contributed by atoms with Gasteiger partial charge in [-0.2, -0.15) is 0 Å². The van der Waals surface area contributed by atoms with E-state index in [0.29, 0.717) is 5.92 Å². The number of hydrogen-bond donors (Lipinski definition) is 1. The molecule has 1 aliphatic heterocycles. The van der Waals surface area contributed by atoms with E-state index in [1.54, 1.807) is 0 Å². The van der Waals surface area contributed by atoms with E-state index in [9.17, 15) is 0 Å². The molecule has 1 aromatic rings. The van der Waals surface area contributed by atoms with Crippen molar-refractivity contribution in [2.45, 2.75) is 39.5 Å². The summed E-state index contributed by atoms with van der Waals surface area (Å²) in [5.41, 5.74) is 0. The number of nitrogens with one attached hydrogen (secondary N) is 1. The fourth-order valence-corrected chi connectivity index (χ4v) is 2.59. The lowest BCUT2D eigenvalue weighted by Gasteiger charge is -2.28. The molecule has 21 heavy (non-hydrogen) atoms. The predicted molar refractivity (Wildman–Crippen MR) is 87.0 cm³/mol. The zero-order valence-electron chi connectivity index (χ0n) is 13.6. The first-order valence-electron chi connectivity index (χ1n) is 8.13. The summed E-state index contributed by atoms with van der Waals surface area (Å²) in [6.45, 7) is 8.03. The fourth-order valence-electron chi connectivity index (χ4n) is 2.59. The summed E-state index contributed by atoms with van der Waals surface area (Å²) in [5, 5.41) is 3.37. The number of aryl methyl sites for hydroxylation is 1. The highest BCUT2D eigenvalue weighted by molar-refractivity contribution is 5.49. The van der Waals surface area contributed by atoms with Gasteiger partial charge in [0.2, 0.25) is 0 Å². The maximum atomic E-state index is 5.43. The first-order valence-corrected chi connectivity index (χ1v) is 8.13. The van der Waals surface area contributed by atoms with E-state index in [4.69, 9.17) is 4.74 Å². The molecule has 1 N–H and O–H groups in total. The van der Waals surface area contributed by atoms with Crippen molar-refractivity contribution >= 4 is 11.6 Å². The minimum absolute atomic E-state index is 0.704. The minimum Gasteiger partial charge on any atom is -0.381 e. The number of hydrogen-bond acceptors (Lipinski definition) is 5. The van der Waals surface area contributed by atoms with Crippen LogP contribution in [0.15, 0.2) is 6.07 Å². The second-order valence-corrected chi connectivity index (χ2v) is 5.74. The Kier molecular flexibility index (Phi) is 6.23. The highest BCUT2D eigenvalue weighted by Gasteiger charge is 2.17. The van der Waals surface area contributed by atoms with Gasteiger partial charge in [-0.05, 0) is 25.2 Å². The zero-order valence-corrected chi connectivity index (χ0v) is 13.6. The van der Waals surface area contributed by atoms with Gasteiger partial charge in [-0.3, -0.25) is 0 Å². The third kappa shape index (κ3) is 4.84. The van der Waals surface area contributed by atoms with E-state index >= 15 is 0 Å². The number of nitrogens with zero attached hydrogens (tertiary/aromatic N) is 3. The Balaban J connectivity index is 2.05. The predicted octanol–water partition coefficient (Wildman–Crippen LogP) is 2.72. The normalized spacial score (nSPS) is 16.0. The summed E-state index contributed by atoms with van der Waals surface area (Å²) in [6, 6.07) is 2.06. The van der Waals surface area contributed by atoms with Crippen LogP contribution in [0.3, 0.4) is 0 Å². The first-order chi connectivity index (χ1) is 10.2. The van der Waals surface area contributed by atoms with E-state index in [0.717, 1.165) is 69.4 Å². The highest BCUT2D eigenvalue weighted by Crippen LogP contribution is 2.20. The summed E-state index contributed by atoms with van der Waals surface area (Å²) in [6.07, 6.45) is 4.26. The lowest BCUT2D eigenvalue weighted by Crippen LogP contribution is -2.30. The van der Waals surface area contributed by atoms with Crippen LogP contribution in [-0.4, -0.2) is 43.3 Å². The van der Waals surface area contributed by atoms with Crippen LogP contribution in [0.1, 0.15) is 38.9 Å². The quantitative estimate of drug-likeness (QED) is 0.837. The highest BCUT2D eigenvalue weighted by atomic mass is 16.5. The van der Waals surface area contributed by atoms with Crippen LogP contribution < -0.4 is 10.2 Å². The third-order valence-electron chi connectivity index (χ3n) is 3.90. The van der Waals surface area contributed by atoms with E-state index in [1.807, 2.05) is 0 Å². The topological polar surface area (TPSA) is 50.3 Å². The summed E-state index contributed by atoms with van der Waals surface area (Å²) in [7, 11) is 2.13. The molecule has 0 spiro atoms. The molecule has 2 rings (SSSR count). The number of rotatable bonds is 7. The van der Waals surface area contributed by atoms with Crippen LogP contribution in [0.2, 0.25) is 0 Å². The van der Waals surface area contributed by atoms with Gasteiger partial charge in [0.15, 0.2) is 0 Å². The number of aromatic nitrogens is 2. The van der Waals surface area contributed by atoms with E-state index in [1.165, 1.54) is 0 Å². The smallest absolute Gasteiger partial charge is 0.134 e. The monoisotopic (exact) mass is 292 g/mol. The maximum Gasteiger partial charge on any atom is 0.134 e. The molecule has 5 heteroatoms. The fraction of sp³-hybridized carbons (Fsp3) is 0.750. The molecular formula is C16H28N4O.